The van der Waals surface area contributed by atoms with Gasteiger partial charge < -0.3 is 29.8 Å². The predicted molar refractivity (Wildman–Crippen MR) is 221 cm³/mol. The molecule has 0 radical (unpaired) electrons. The lowest BCUT2D eigenvalue weighted by Crippen LogP contribution is -2.51. The van der Waals surface area contributed by atoms with Crippen molar-refractivity contribution in [3.63, 3.8) is 0 Å². The van der Waals surface area contributed by atoms with Crippen molar-refractivity contribution in [1.29, 1.82) is 0 Å². The number of piperazine rings is 1. The first-order chi connectivity index (χ1) is 27.4. The monoisotopic (exact) mass is 768 g/mol. The first-order valence-corrected chi connectivity index (χ1v) is 19.4. The van der Waals surface area contributed by atoms with Crippen molar-refractivity contribution in [1.82, 2.24) is 29.0 Å². The zero-order chi connectivity index (χ0) is 40.0. The molecule has 0 saturated carbocycles. The topological polar surface area (TPSA) is 154 Å². The fourth-order valence-corrected chi connectivity index (χ4v) is 8.58. The Morgan fingerprint density at radius 2 is 1.88 bits per heavy atom. The van der Waals surface area contributed by atoms with Gasteiger partial charge in [0.25, 0.3) is 11.5 Å². The number of hydrogen-bond acceptors (Lipinski definition) is 10. The summed E-state index contributed by atoms with van der Waals surface area (Å²) < 4.78 is 3.57. The fraction of sp³-hybridized carbons (Fsp3) is 0.349. The number of aliphatic hydroxyl groups excluding tert-OH is 1. The summed E-state index contributed by atoms with van der Waals surface area (Å²) in [6.07, 6.45) is 8.10. The first-order valence-electron chi connectivity index (χ1n) is 19.4. The minimum atomic E-state index is -0.398. The second kappa shape index (κ2) is 15.1. The molecule has 2 aliphatic heterocycles. The number of aryl methyl sites for hydroxylation is 1. The highest BCUT2D eigenvalue weighted by Gasteiger charge is 2.37. The second-order valence-electron chi connectivity index (χ2n) is 16.0. The summed E-state index contributed by atoms with van der Waals surface area (Å²) in [5.41, 5.74) is 7.25. The SMILES string of the molecule is C=CC(=O)Nc1cc(Nc2nc(-c3ccnc(N4CCn5c(cc6c5CC(C)(C)C6)C4=O)c3CO)cn(C)c2=O)ccc1N1CCN(Cc2ccccn2)CC1C. The summed E-state index contributed by atoms with van der Waals surface area (Å²) in [5.74, 6) is -0.105. The van der Waals surface area contributed by atoms with Crippen LogP contribution in [-0.2, 0) is 44.4 Å². The van der Waals surface area contributed by atoms with E-state index in [1.165, 1.54) is 21.9 Å². The summed E-state index contributed by atoms with van der Waals surface area (Å²) in [4.78, 5) is 60.3. The largest absolute Gasteiger partial charge is 0.392 e. The Morgan fingerprint density at radius 3 is 2.63 bits per heavy atom. The van der Waals surface area contributed by atoms with E-state index in [1.807, 2.05) is 42.6 Å². The Balaban J connectivity index is 1.06. The highest BCUT2D eigenvalue weighted by molar-refractivity contribution is 6.06. The van der Waals surface area contributed by atoms with Crippen LogP contribution >= 0.6 is 0 Å². The van der Waals surface area contributed by atoms with Crippen LogP contribution in [0.2, 0.25) is 0 Å². The molecule has 1 aliphatic carbocycles. The number of nitrogens with one attached hydrogen (secondary N) is 2. The van der Waals surface area contributed by atoms with E-state index in [9.17, 15) is 19.5 Å². The third-order valence-electron chi connectivity index (χ3n) is 11.3. The molecule has 0 bridgehead atoms. The van der Waals surface area contributed by atoms with E-state index in [-0.39, 0.29) is 34.6 Å². The Labute approximate surface area is 331 Å². The number of rotatable bonds is 10. The van der Waals surface area contributed by atoms with E-state index in [0.717, 1.165) is 50.4 Å². The number of aliphatic hydroxyl groups is 1. The number of benzene rings is 1. The summed E-state index contributed by atoms with van der Waals surface area (Å²) in [6, 6.07) is 15.4. The Kier molecular flexibility index (Phi) is 10.0. The van der Waals surface area contributed by atoms with Crippen molar-refractivity contribution in [2.75, 3.05) is 46.6 Å². The quantitative estimate of drug-likeness (QED) is 0.167. The second-order valence-corrected chi connectivity index (χ2v) is 16.0. The average Bonchev–Trinajstić information content (AvgIpc) is 3.69. The summed E-state index contributed by atoms with van der Waals surface area (Å²) in [7, 11) is 1.63. The van der Waals surface area contributed by atoms with Crippen LogP contribution in [0.4, 0.5) is 28.7 Å². The Bertz CT molecular complexity index is 2440. The molecule has 1 fully saturated rings. The number of fused-ring (bicyclic) bond motifs is 3. The molecule has 14 nitrogen and oxygen atoms in total. The standard InChI is InChI=1S/C43H48N10O4/c1-6-38(55)47-33-20-29(10-11-35(33)51-16-15-50(23-27(51)2)24-30-9-7-8-13-44-30)46-39-42(57)49(5)25-34(48-39)31-12-14-45-40(32(31)26-54)53-18-17-52-36(41(53)56)19-28-21-43(3,4)22-37(28)52/h6-14,19-20,25,27,54H,1,15-18,21-24,26H2,2-5H3,(H,46,48)(H,47,55). The van der Waals surface area contributed by atoms with Gasteiger partial charge in [0.2, 0.25) is 5.91 Å². The lowest BCUT2D eigenvalue weighted by Gasteiger charge is -2.42. The number of carbonyl (C=O) groups excluding carboxylic acids is 2. The lowest BCUT2D eigenvalue weighted by atomic mass is 9.90. The van der Waals surface area contributed by atoms with Crippen LogP contribution < -0.4 is 26.0 Å². The number of nitrogens with zero attached hydrogens (tertiary/aromatic N) is 8. The molecule has 6 heterocycles. The minimum absolute atomic E-state index is 0.0480. The molecule has 294 valence electrons. The molecule has 8 rings (SSSR count). The molecule has 1 unspecified atom stereocenters. The van der Waals surface area contributed by atoms with Gasteiger partial charge in [0.15, 0.2) is 5.82 Å². The molecule has 1 aromatic carbocycles. The van der Waals surface area contributed by atoms with E-state index < -0.39 is 6.61 Å². The van der Waals surface area contributed by atoms with Gasteiger partial charge in [-0.25, -0.2) is 9.97 Å². The third kappa shape index (κ3) is 7.33. The molecule has 1 atom stereocenters. The van der Waals surface area contributed by atoms with Crippen LogP contribution in [0.3, 0.4) is 0 Å². The molecule has 14 heteroatoms. The predicted octanol–water partition coefficient (Wildman–Crippen LogP) is 4.90. The summed E-state index contributed by atoms with van der Waals surface area (Å²) in [6.45, 7) is 14.1. The van der Waals surface area contributed by atoms with Gasteiger partial charge in [0, 0.05) is 93.5 Å². The summed E-state index contributed by atoms with van der Waals surface area (Å²) in [5, 5.41) is 16.9. The van der Waals surface area contributed by atoms with E-state index in [2.05, 4.69) is 62.3 Å². The van der Waals surface area contributed by atoms with Gasteiger partial charge in [-0.05, 0) is 79.3 Å². The molecule has 57 heavy (non-hydrogen) atoms. The van der Waals surface area contributed by atoms with Gasteiger partial charge in [-0.2, -0.15) is 0 Å². The zero-order valence-corrected chi connectivity index (χ0v) is 32.8. The molecule has 2 amide bonds. The van der Waals surface area contributed by atoms with Gasteiger partial charge in [-0.3, -0.25) is 29.2 Å². The molecule has 3 N–H and O–H groups in total. The maximum atomic E-state index is 14.0. The number of hydrogen-bond donors (Lipinski definition) is 3. The molecular weight excluding hydrogens is 721 g/mol. The lowest BCUT2D eigenvalue weighted by molar-refractivity contribution is -0.111. The molecule has 1 saturated heterocycles. The van der Waals surface area contributed by atoms with Crippen molar-refractivity contribution in [2.24, 2.45) is 12.5 Å². The van der Waals surface area contributed by atoms with Gasteiger partial charge in [0.1, 0.15) is 11.5 Å². The average molecular weight is 769 g/mol. The van der Waals surface area contributed by atoms with E-state index in [0.29, 0.717) is 52.8 Å². The number of carbonyl (C=O) groups is 2. The Hall–Kier alpha value is -6.12. The van der Waals surface area contributed by atoms with Crippen LogP contribution in [0.25, 0.3) is 11.3 Å². The van der Waals surface area contributed by atoms with Gasteiger partial charge in [0.05, 0.1) is 29.4 Å². The van der Waals surface area contributed by atoms with Crippen molar-refractivity contribution in [2.45, 2.75) is 59.4 Å². The van der Waals surface area contributed by atoms with Crippen molar-refractivity contribution in [3.05, 3.63) is 118 Å². The number of anilines is 5. The fourth-order valence-electron chi connectivity index (χ4n) is 8.58. The number of aromatic nitrogens is 5. The van der Waals surface area contributed by atoms with Crippen LogP contribution in [0.5, 0.6) is 0 Å². The molecule has 5 aromatic rings. The van der Waals surface area contributed by atoms with Gasteiger partial charge in [-0.1, -0.05) is 26.5 Å². The highest BCUT2D eigenvalue weighted by Crippen LogP contribution is 2.40. The Morgan fingerprint density at radius 1 is 1.04 bits per heavy atom. The molecule has 4 aromatic heterocycles. The van der Waals surface area contributed by atoms with E-state index in [4.69, 9.17) is 4.98 Å². The third-order valence-corrected chi connectivity index (χ3v) is 11.3. The normalized spacial score (nSPS) is 17.6. The van der Waals surface area contributed by atoms with Crippen molar-refractivity contribution >= 4 is 40.5 Å². The number of amides is 2. The molecule has 0 spiro atoms. The highest BCUT2D eigenvalue weighted by atomic mass is 16.3. The van der Waals surface area contributed by atoms with E-state index in [1.54, 1.807) is 36.5 Å². The van der Waals surface area contributed by atoms with Gasteiger partial charge in [-0.15, -0.1) is 0 Å². The van der Waals surface area contributed by atoms with Crippen LogP contribution in [-0.4, -0.2) is 78.1 Å². The van der Waals surface area contributed by atoms with E-state index >= 15 is 0 Å². The van der Waals surface area contributed by atoms with Crippen LogP contribution in [0.15, 0.2) is 84.6 Å². The van der Waals surface area contributed by atoms with Crippen LogP contribution in [0.1, 0.15) is 53.8 Å². The maximum absolute atomic E-state index is 14.0. The summed E-state index contributed by atoms with van der Waals surface area (Å²) >= 11 is 0. The molecule has 3 aliphatic rings. The number of pyridine rings is 2. The molecular formula is C43H48N10O4. The zero-order valence-electron chi connectivity index (χ0n) is 32.8. The first kappa shape index (κ1) is 37.8. The smallest absolute Gasteiger partial charge is 0.293 e. The van der Waals surface area contributed by atoms with Crippen molar-refractivity contribution < 1.29 is 14.7 Å². The minimum Gasteiger partial charge on any atom is -0.392 e. The maximum Gasteiger partial charge on any atom is 0.293 e. The van der Waals surface area contributed by atoms with Crippen molar-refractivity contribution in [3.8, 4) is 11.3 Å². The van der Waals surface area contributed by atoms with Gasteiger partial charge >= 0.3 is 0 Å². The van der Waals surface area contributed by atoms with Crippen LogP contribution in [0, 0.1) is 5.41 Å².